The van der Waals surface area contributed by atoms with Gasteiger partial charge in [-0.1, -0.05) is 103 Å². The van der Waals surface area contributed by atoms with Gasteiger partial charge in [0.15, 0.2) is 0 Å². The maximum Gasteiger partial charge on any atom is 0.0998 e. The predicted octanol–water partition coefficient (Wildman–Crippen LogP) is 15.0. The zero-order valence-electron chi connectivity index (χ0n) is 38.2. The summed E-state index contributed by atoms with van der Waals surface area (Å²) in [5.74, 6) is 0. The maximum atomic E-state index is 10.5. The van der Waals surface area contributed by atoms with E-state index >= 15 is 0 Å². The van der Waals surface area contributed by atoms with Crippen LogP contribution >= 0.6 is 0 Å². The SMILES string of the molecule is N#Cc1ccc(-c2cnccc2-n2c3ccc(-c4ccccc4C#N)cc3c3cc(-c4ccccc4C#N)ccc32)c(-n2c3ccc(-c4ccccc4C#N)cc3c3cc(-c4ccccc4C#N)ccc32)c1. The van der Waals surface area contributed by atoms with Crippen LogP contribution in [0.5, 0.6) is 0 Å². The molecule has 0 radical (unpaired) electrons. The maximum absolute atomic E-state index is 10.5. The first-order chi connectivity index (χ1) is 35.5. The van der Waals surface area contributed by atoms with Crippen molar-refractivity contribution in [1.29, 1.82) is 26.3 Å². The molecule has 0 saturated heterocycles. The standard InChI is InChI=1S/C64H34N8/c65-34-40-17-22-53(64(29-40)72-61-25-20-43(51-15-7-3-11-47(51)37-68)32-56(61)57-33-44(21-26-62(57)72)52-16-8-4-12-48(52)38-69)58-39-70-28-27-63(58)71-59-23-18-41(49-13-5-1-9-45(49)35-66)30-54(59)55-31-42(19-24-60(55)71)50-14-6-2-10-46(50)36-67/h1-33,39H. The van der Waals surface area contributed by atoms with Gasteiger partial charge in [-0.15, -0.1) is 0 Å². The zero-order valence-corrected chi connectivity index (χ0v) is 38.2. The first-order valence-corrected chi connectivity index (χ1v) is 23.1. The fourth-order valence-electron chi connectivity index (χ4n) is 10.4. The van der Waals surface area contributed by atoms with Gasteiger partial charge in [0, 0.05) is 45.1 Å². The van der Waals surface area contributed by atoms with Crippen molar-refractivity contribution in [2.24, 2.45) is 0 Å². The number of benzene rings is 9. The number of fused-ring (bicyclic) bond motifs is 6. The summed E-state index contributed by atoms with van der Waals surface area (Å²) in [5.41, 5.74) is 16.4. The fourth-order valence-corrected chi connectivity index (χ4v) is 10.4. The second-order valence-corrected chi connectivity index (χ2v) is 17.5. The van der Waals surface area contributed by atoms with Crippen LogP contribution in [0.25, 0.3) is 111 Å². The van der Waals surface area contributed by atoms with Crippen molar-refractivity contribution >= 4 is 43.6 Å². The Kier molecular flexibility index (Phi) is 10.3. The molecule has 0 aliphatic rings. The summed E-state index contributed by atoms with van der Waals surface area (Å²) in [7, 11) is 0. The highest BCUT2D eigenvalue weighted by atomic mass is 15.0. The molecule has 0 bridgehead atoms. The van der Waals surface area contributed by atoms with Crippen molar-refractivity contribution in [1.82, 2.24) is 14.1 Å². The Morgan fingerprint density at radius 2 is 0.667 bits per heavy atom. The number of hydrogen-bond donors (Lipinski definition) is 0. The number of rotatable bonds is 7. The van der Waals surface area contributed by atoms with E-state index in [9.17, 15) is 26.3 Å². The quantitative estimate of drug-likeness (QED) is 0.156. The van der Waals surface area contributed by atoms with Crippen LogP contribution in [0.15, 0.2) is 207 Å². The van der Waals surface area contributed by atoms with Gasteiger partial charge >= 0.3 is 0 Å². The summed E-state index contributed by atoms with van der Waals surface area (Å²) in [6.45, 7) is 0. The molecule has 0 N–H and O–H groups in total. The molecule has 3 aromatic heterocycles. The Labute approximate surface area is 413 Å². The van der Waals surface area contributed by atoms with Gasteiger partial charge in [0.2, 0.25) is 0 Å². The van der Waals surface area contributed by atoms with Crippen LogP contribution in [0.3, 0.4) is 0 Å². The summed E-state index contributed by atoms with van der Waals surface area (Å²) < 4.78 is 4.44. The number of nitriles is 5. The number of pyridine rings is 1. The molecule has 0 aliphatic carbocycles. The van der Waals surface area contributed by atoms with Gasteiger partial charge in [-0.2, -0.15) is 26.3 Å². The van der Waals surface area contributed by atoms with Gasteiger partial charge in [0.05, 0.1) is 91.6 Å². The molecule has 3 heterocycles. The zero-order chi connectivity index (χ0) is 48.9. The highest BCUT2D eigenvalue weighted by molar-refractivity contribution is 6.14. The van der Waals surface area contributed by atoms with Gasteiger partial charge < -0.3 is 9.13 Å². The average molecular weight is 915 g/mol. The van der Waals surface area contributed by atoms with Crippen LogP contribution in [0.4, 0.5) is 0 Å². The lowest BCUT2D eigenvalue weighted by atomic mass is 9.96. The number of nitrogens with zero attached hydrogens (tertiary/aromatic N) is 8. The van der Waals surface area contributed by atoms with Crippen LogP contribution in [-0.4, -0.2) is 14.1 Å². The minimum absolute atomic E-state index is 0.473. The van der Waals surface area contributed by atoms with Gasteiger partial charge in [-0.05, 0) is 136 Å². The van der Waals surface area contributed by atoms with Crippen LogP contribution in [0, 0.1) is 56.7 Å². The van der Waals surface area contributed by atoms with Gasteiger partial charge in [-0.25, -0.2) is 0 Å². The Balaban J connectivity index is 1.13. The van der Waals surface area contributed by atoms with Gasteiger partial charge in [0.1, 0.15) is 0 Å². The lowest BCUT2D eigenvalue weighted by molar-refractivity contribution is 1.14. The smallest absolute Gasteiger partial charge is 0.0998 e. The normalized spacial score (nSPS) is 11.0. The lowest BCUT2D eigenvalue weighted by Gasteiger charge is -2.18. The monoisotopic (exact) mass is 914 g/mol. The molecule has 0 unspecified atom stereocenters. The Hall–Kier alpha value is -10.8. The minimum atomic E-state index is 0.473. The summed E-state index contributed by atoms with van der Waals surface area (Å²) >= 11 is 0. The predicted molar refractivity (Wildman–Crippen MR) is 284 cm³/mol. The molecule has 12 rings (SSSR count). The number of hydrogen-bond acceptors (Lipinski definition) is 6. The summed E-state index contributed by atoms with van der Waals surface area (Å²) in [6.07, 6.45) is 3.66. The van der Waals surface area contributed by atoms with Crippen molar-refractivity contribution < 1.29 is 0 Å². The van der Waals surface area contributed by atoms with Crippen molar-refractivity contribution in [3.05, 3.63) is 234 Å². The van der Waals surface area contributed by atoms with E-state index < -0.39 is 0 Å². The molecule has 8 nitrogen and oxygen atoms in total. The molecular weight excluding hydrogens is 881 g/mol. The Bertz CT molecular complexity index is 4250. The van der Waals surface area contributed by atoms with Crippen molar-refractivity contribution in [3.8, 4) is 97.4 Å². The van der Waals surface area contributed by atoms with Crippen LogP contribution in [0.1, 0.15) is 27.8 Å². The third-order valence-corrected chi connectivity index (χ3v) is 13.7. The fraction of sp³-hybridized carbons (Fsp3) is 0. The molecule has 12 aromatic rings. The molecule has 8 heteroatoms. The highest BCUT2D eigenvalue weighted by Crippen LogP contribution is 2.44. The third-order valence-electron chi connectivity index (χ3n) is 13.7. The van der Waals surface area contributed by atoms with Crippen LogP contribution in [-0.2, 0) is 0 Å². The van der Waals surface area contributed by atoms with Crippen molar-refractivity contribution in [2.45, 2.75) is 0 Å². The molecule has 0 atom stereocenters. The van der Waals surface area contributed by atoms with E-state index in [2.05, 4.69) is 100 Å². The van der Waals surface area contributed by atoms with E-state index in [1.807, 2.05) is 140 Å². The first-order valence-electron chi connectivity index (χ1n) is 23.1. The number of aromatic nitrogens is 3. The van der Waals surface area contributed by atoms with Crippen molar-refractivity contribution in [2.75, 3.05) is 0 Å². The third kappa shape index (κ3) is 6.84. The molecule has 0 aliphatic heterocycles. The molecule has 0 saturated carbocycles. The van der Waals surface area contributed by atoms with Crippen LogP contribution < -0.4 is 0 Å². The van der Waals surface area contributed by atoms with Crippen molar-refractivity contribution in [3.63, 3.8) is 0 Å². The topological polar surface area (TPSA) is 142 Å². The highest BCUT2D eigenvalue weighted by Gasteiger charge is 2.23. The van der Waals surface area contributed by atoms with Gasteiger partial charge in [-0.3, -0.25) is 4.98 Å². The summed E-state index contributed by atoms with van der Waals surface area (Å²) in [6, 6.07) is 75.0. The summed E-state index contributed by atoms with van der Waals surface area (Å²) in [5, 5.41) is 54.9. The lowest BCUT2D eigenvalue weighted by Crippen LogP contribution is -2.02. The van der Waals surface area contributed by atoms with E-state index in [1.165, 1.54) is 0 Å². The van der Waals surface area contributed by atoms with E-state index in [0.717, 1.165) is 111 Å². The Morgan fingerprint density at radius 3 is 1.03 bits per heavy atom. The summed E-state index contributed by atoms with van der Waals surface area (Å²) in [4.78, 5) is 4.75. The second-order valence-electron chi connectivity index (χ2n) is 17.5. The van der Waals surface area contributed by atoms with E-state index in [0.29, 0.717) is 27.8 Å². The Morgan fingerprint density at radius 1 is 0.306 bits per heavy atom. The molecule has 0 spiro atoms. The molecule has 0 amide bonds. The largest absolute Gasteiger partial charge is 0.309 e. The average Bonchev–Trinajstić information content (AvgIpc) is 3.96. The van der Waals surface area contributed by atoms with Crippen LogP contribution in [0.2, 0.25) is 0 Å². The van der Waals surface area contributed by atoms with Gasteiger partial charge in [0.25, 0.3) is 0 Å². The minimum Gasteiger partial charge on any atom is -0.309 e. The second kappa shape index (κ2) is 17.4. The molecular formula is C64H34N8. The van der Waals surface area contributed by atoms with E-state index in [1.54, 1.807) is 6.20 Å². The molecule has 72 heavy (non-hydrogen) atoms. The molecule has 0 fully saturated rings. The van der Waals surface area contributed by atoms with E-state index in [4.69, 9.17) is 4.98 Å². The van der Waals surface area contributed by atoms with E-state index in [-0.39, 0.29) is 0 Å². The molecule has 330 valence electrons. The molecule has 9 aromatic carbocycles. The first kappa shape index (κ1) is 42.5.